The summed E-state index contributed by atoms with van der Waals surface area (Å²) < 4.78 is 5.28. The normalized spacial score (nSPS) is 19.5. The zero-order valence-corrected chi connectivity index (χ0v) is 10.6. The van der Waals surface area contributed by atoms with Crippen molar-refractivity contribution in [1.82, 2.24) is 4.90 Å². The monoisotopic (exact) mass is 235 g/mol. The van der Waals surface area contributed by atoms with Gasteiger partial charge in [0.05, 0.1) is 12.7 Å². The average molecular weight is 235 g/mol. The van der Waals surface area contributed by atoms with Gasteiger partial charge < -0.3 is 25.0 Å². The maximum Gasteiger partial charge on any atom is 0.112 e. The van der Waals surface area contributed by atoms with Crippen molar-refractivity contribution in [3.8, 4) is 0 Å². The van der Waals surface area contributed by atoms with E-state index in [1.807, 2.05) is 25.9 Å². The van der Waals surface area contributed by atoms with Gasteiger partial charge in [-0.05, 0) is 26.9 Å². The van der Waals surface area contributed by atoms with Crippen LogP contribution in [0.2, 0.25) is 0 Å². The van der Waals surface area contributed by atoms with Crippen molar-refractivity contribution in [1.29, 1.82) is 0 Å². The van der Waals surface area contributed by atoms with Crippen LogP contribution in [-0.2, 0) is 4.74 Å². The van der Waals surface area contributed by atoms with Crippen LogP contribution in [-0.4, -0.2) is 72.4 Å². The molecule has 0 aliphatic rings. The van der Waals surface area contributed by atoms with Gasteiger partial charge >= 0.3 is 0 Å². The first kappa shape index (κ1) is 15.8. The van der Waals surface area contributed by atoms with Gasteiger partial charge in [0.15, 0.2) is 0 Å². The van der Waals surface area contributed by atoms with Crippen molar-refractivity contribution in [2.45, 2.75) is 32.2 Å². The van der Waals surface area contributed by atoms with Crippen LogP contribution in [0.1, 0.15) is 13.8 Å². The molecule has 0 saturated carbocycles. The lowest BCUT2D eigenvalue weighted by atomic mass is 9.96. The molecule has 0 aliphatic carbocycles. The van der Waals surface area contributed by atoms with Crippen molar-refractivity contribution in [2.24, 2.45) is 5.92 Å². The number of aliphatic hydroxyl groups is 3. The number of hydrogen-bond donors (Lipinski definition) is 3. The Balaban J connectivity index is 4.40. The minimum absolute atomic E-state index is 0.0345. The summed E-state index contributed by atoms with van der Waals surface area (Å²) in [7, 11) is 3.84. The summed E-state index contributed by atoms with van der Waals surface area (Å²) in [5, 5.41) is 28.5. The minimum Gasteiger partial charge on any atom is -0.394 e. The molecule has 98 valence electrons. The maximum atomic E-state index is 10.0. The van der Waals surface area contributed by atoms with Crippen LogP contribution in [0, 0.1) is 5.92 Å². The van der Waals surface area contributed by atoms with Gasteiger partial charge in [-0.25, -0.2) is 0 Å². The highest BCUT2D eigenvalue weighted by molar-refractivity contribution is 4.81. The van der Waals surface area contributed by atoms with Gasteiger partial charge in [0.1, 0.15) is 12.2 Å². The summed E-state index contributed by atoms with van der Waals surface area (Å²) in [6.07, 6.45) is -2.56. The second-order valence-corrected chi connectivity index (χ2v) is 4.40. The van der Waals surface area contributed by atoms with Crippen molar-refractivity contribution >= 4 is 0 Å². The molecule has 0 aromatic heterocycles. The molecule has 0 aromatic rings. The summed E-state index contributed by atoms with van der Waals surface area (Å²) in [5.41, 5.74) is 0. The van der Waals surface area contributed by atoms with Gasteiger partial charge in [0.2, 0.25) is 0 Å². The molecule has 5 heteroatoms. The summed E-state index contributed by atoms with van der Waals surface area (Å²) in [5.74, 6) is -0.0345. The number of nitrogens with zero attached hydrogens (tertiary/aromatic N) is 1. The van der Waals surface area contributed by atoms with E-state index >= 15 is 0 Å². The predicted molar refractivity (Wildman–Crippen MR) is 62.2 cm³/mol. The van der Waals surface area contributed by atoms with E-state index in [0.29, 0.717) is 13.2 Å². The average Bonchev–Trinajstić information content (AvgIpc) is 2.23. The molecule has 5 nitrogen and oxygen atoms in total. The Morgan fingerprint density at radius 3 is 2.19 bits per heavy atom. The quantitative estimate of drug-likeness (QED) is 0.519. The fourth-order valence-electron chi connectivity index (χ4n) is 1.74. The van der Waals surface area contributed by atoms with Gasteiger partial charge in [-0.3, -0.25) is 0 Å². The van der Waals surface area contributed by atoms with E-state index < -0.39 is 24.9 Å². The topological polar surface area (TPSA) is 73.2 Å². The Kier molecular flexibility index (Phi) is 7.87. The third kappa shape index (κ3) is 5.23. The van der Waals surface area contributed by atoms with Gasteiger partial charge in [-0.15, -0.1) is 0 Å². The van der Waals surface area contributed by atoms with E-state index in [1.54, 1.807) is 6.92 Å². The van der Waals surface area contributed by atoms with Crippen LogP contribution in [0.4, 0.5) is 0 Å². The zero-order valence-electron chi connectivity index (χ0n) is 10.6. The summed E-state index contributed by atoms with van der Waals surface area (Å²) in [6, 6.07) is 0. The molecule has 0 aliphatic heterocycles. The molecular weight excluding hydrogens is 210 g/mol. The van der Waals surface area contributed by atoms with Crippen LogP contribution < -0.4 is 0 Å². The molecule has 0 amide bonds. The van der Waals surface area contributed by atoms with Crippen molar-refractivity contribution in [3.05, 3.63) is 0 Å². The van der Waals surface area contributed by atoms with Crippen LogP contribution in [0.15, 0.2) is 0 Å². The first-order chi connectivity index (χ1) is 7.43. The Bertz CT molecular complexity index is 177. The van der Waals surface area contributed by atoms with Gasteiger partial charge in [0.25, 0.3) is 0 Å². The molecular formula is C11H25NO4. The number of aliphatic hydroxyl groups excluding tert-OH is 3. The second-order valence-electron chi connectivity index (χ2n) is 4.40. The van der Waals surface area contributed by atoms with Crippen LogP contribution in [0.25, 0.3) is 0 Å². The zero-order chi connectivity index (χ0) is 12.7. The van der Waals surface area contributed by atoms with Gasteiger partial charge in [0, 0.05) is 13.2 Å². The van der Waals surface area contributed by atoms with Gasteiger partial charge in [-0.2, -0.15) is 0 Å². The molecule has 0 radical (unpaired) electrons. The highest BCUT2D eigenvalue weighted by Gasteiger charge is 2.31. The first-order valence-corrected chi connectivity index (χ1v) is 5.67. The van der Waals surface area contributed by atoms with E-state index in [2.05, 4.69) is 0 Å². The standard InChI is InChI=1S/C11H25NO4/c1-5-16-11(9(14)7-13)10(15)8(2)6-12(3)4/h8-11,13-15H,5-7H2,1-4H3. The Labute approximate surface area is 97.6 Å². The fraction of sp³-hybridized carbons (Fsp3) is 1.00. The third-order valence-electron chi connectivity index (χ3n) is 2.50. The smallest absolute Gasteiger partial charge is 0.112 e. The lowest BCUT2D eigenvalue weighted by Crippen LogP contribution is -2.46. The number of ether oxygens (including phenoxy) is 1. The lowest BCUT2D eigenvalue weighted by Gasteiger charge is -2.31. The molecule has 4 atom stereocenters. The molecule has 0 bridgehead atoms. The fourth-order valence-corrected chi connectivity index (χ4v) is 1.74. The lowest BCUT2D eigenvalue weighted by molar-refractivity contribution is -0.124. The van der Waals surface area contributed by atoms with E-state index in [9.17, 15) is 10.2 Å². The Morgan fingerprint density at radius 1 is 1.25 bits per heavy atom. The highest BCUT2D eigenvalue weighted by atomic mass is 16.5. The molecule has 0 spiro atoms. The summed E-state index contributed by atoms with van der Waals surface area (Å²) in [6.45, 7) is 4.37. The molecule has 16 heavy (non-hydrogen) atoms. The molecule has 0 saturated heterocycles. The van der Waals surface area contributed by atoms with E-state index in [0.717, 1.165) is 0 Å². The minimum atomic E-state index is -1.04. The van der Waals surface area contributed by atoms with Crippen LogP contribution >= 0.6 is 0 Å². The first-order valence-electron chi connectivity index (χ1n) is 5.67. The highest BCUT2D eigenvalue weighted by Crippen LogP contribution is 2.14. The van der Waals surface area contributed by atoms with Crippen LogP contribution in [0.5, 0.6) is 0 Å². The summed E-state index contributed by atoms with van der Waals surface area (Å²) >= 11 is 0. The molecule has 3 N–H and O–H groups in total. The maximum absolute atomic E-state index is 10.0. The van der Waals surface area contributed by atoms with E-state index in [-0.39, 0.29) is 5.92 Å². The van der Waals surface area contributed by atoms with Crippen molar-refractivity contribution in [2.75, 3.05) is 33.9 Å². The number of rotatable bonds is 8. The van der Waals surface area contributed by atoms with Crippen LogP contribution in [0.3, 0.4) is 0 Å². The third-order valence-corrected chi connectivity index (χ3v) is 2.50. The largest absolute Gasteiger partial charge is 0.394 e. The second kappa shape index (κ2) is 7.97. The molecule has 0 fully saturated rings. The molecule has 0 aromatic carbocycles. The summed E-state index contributed by atoms with van der Waals surface area (Å²) in [4.78, 5) is 1.96. The Hall–Kier alpha value is -0.200. The van der Waals surface area contributed by atoms with E-state index in [4.69, 9.17) is 9.84 Å². The Morgan fingerprint density at radius 2 is 1.81 bits per heavy atom. The number of hydrogen-bond acceptors (Lipinski definition) is 5. The molecule has 4 unspecified atom stereocenters. The van der Waals surface area contributed by atoms with Crippen molar-refractivity contribution < 1.29 is 20.1 Å². The SMILES string of the molecule is CCOC(C(O)CO)C(O)C(C)CN(C)C. The molecule has 0 rings (SSSR count). The molecule has 0 heterocycles. The predicted octanol–water partition coefficient (Wildman–Crippen LogP) is -0.697. The van der Waals surface area contributed by atoms with Crippen molar-refractivity contribution in [3.63, 3.8) is 0 Å². The van der Waals surface area contributed by atoms with E-state index in [1.165, 1.54) is 0 Å². The van der Waals surface area contributed by atoms with Gasteiger partial charge in [-0.1, -0.05) is 6.92 Å².